The van der Waals surface area contributed by atoms with Gasteiger partial charge in [0.15, 0.2) is 0 Å². The molecule has 0 radical (unpaired) electrons. The Balaban J connectivity index is 1.16. The molecule has 12 heteroatoms. The number of pyridine rings is 1. The van der Waals surface area contributed by atoms with E-state index in [9.17, 15) is 31.1 Å². The number of amidine groups is 1. The predicted molar refractivity (Wildman–Crippen MR) is 155 cm³/mol. The molecular weight excluding hydrogens is 590 g/mol. The number of hydrogen-bond donors (Lipinski definition) is 0. The van der Waals surface area contributed by atoms with Crippen LogP contribution in [0.5, 0.6) is 0 Å². The quantitative estimate of drug-likeness (QED) is 0.273. The van der Waals surface area contributed by atoms with Gasteiger partial charge >= 0.3 is 17.6 Å². The van der Waals surface area contributed by atoms with Gasteiger partial charge in [0.05, 0.1) is 21.5 Å². The summed E-state index contributed by atoms with van der Waals surface area (Å²) in [5.74, 6) is 0.715. The molecule has 6 rings (SSSR count). The molecular formula is C31H28F6N4OS. The highest BCUT2D eigenvalue weighted by Gasteiger charge is 2.38. The van der Waals surface area contributed by atoms with Crippen molar-refractivity contribution < 1.29 is 31.1 Å². The van der Waals surface area contributed by atoms with Crippen molar-refractivity contribution in [1.82, 2.24) is 14.8 Å². The molecule has 3 aromatic rings. The molecule has 2 fully saturated rings. The summed E-state index contributed by atoms with van der Waals surface area (Å²) in [4.78, 5) is 26.7. The number of benzene rings is 2. The molecule has 0 aliphatic carbocycles. The zero-order valence-electron chi connectivity index (χ0n) is 23.0. The lowest BCUT2D eigenvalue weighted by Crippen LogP contribution is -2.37. The first kappa shape index (κ1) is 29.7. The molecule has 1 amide bonds. The first-order chi connectivity index (χ1) is 20.4. The van der Waals surface area contributed by atoms with Gasteiger partial charge in [0.25, 0.3) is 0 Å². The van der Waals surface area contributed by atoms with Crippen molar-refractivity contribution in [2.45, 2.75) is 50.5 Å². The number of alkyl halides is 6. The Morgan fingerprint density at radius 2 is 1.70 bits per heavy atom. The molecule has 0 spiro atoms. The van der Waals surface area contributed by atoms with Crippen molar-refractivity contribution in [1.29, 1.82) is 0 Å². The number of thioether (sulfide) groups is 1. The van der Waals surface area contributed by atoms with Crippen molar-refractivity contribution >= 4 is 39.8 Å². The highest BCUT2D eigenvalue weighted by atomic mass is 32.2. The van der Waals surface area contributed by atoms with Gasteiger partial charge < -0.3 is 4.90 Å². The number of carbonyl (C=O) groups is 1. The fourth-order valence-corrected chi connectivity index (χ4v) is 6.81. The zero-order chi connectivity index (χ0) is 30.4. The number of aliphatic imine (C=N–C) groups is 1. The van der Waals surface area contributed by atoms with Crippen LogP contribution in [0.15, 0.2) is 58.4 Å². The molecule has 0 bridgehead atoms. The number of rotatable bonds is 5. The summed E-state index contributed by atoms with van der Waals surface area (Å²) in [6, 6.07) is 11.3. The van der Waals surface area contributed by atoms with Gasteiger partial charge in [0.1, 0.15) is 5.84 Å². The lowest BCUT2D eigenvalue weighted by molar-refractivity contribution is -0.143. The van der Waals surface area contributed by atoms with Crippen LogP contribution in [0.4, 0.5) is 31.1 Å². The van der Waals surface area contributed by atoms with Gasteiger partial charge in [0.2, 0.25) is 0 Å². The Kier molecular flexibility index (Phi) is 8.01. The maximum Gasteiger partial charge on any atom is 0.416 e. The SMILES string of the molecule is O=C1N=C(N2CCC(N3CCCC3)C2)/C(=C/c2ccc3nc(CCc4ccc(C(F)(F)F)cc4C(F)(F)F)ccc3c2)S1. The van der Waals surface area contributed by atoms with Crippen molar-refractivity contribution in [3.8, 4) is 0 Å². The second-order valence-corrected chi connectivity index (χ2v) is 12.1. The van der Waals surface area contributed by atoms with Gasteiger partial charge in [-0.25, -0.2) is 0 Å². The van der Waals surface area contributed by atoms with Crippen molar-refractivity contribution in [3.05, 3.63) is 81.4 Å². The topological polar surface area (TPSA) is 48.8 Å². The summed E-state index contributed by atoms with van der Waals surface area (Å²) in [6.45, 7) is 3.95. The summed E-state index contributed by atoms with van der Waals surface area (Å²) in [5, 5.41) is 0.575. The van der Waals surface area contributed by atoms with E-state index in [-0.39, 0.29) is 29.7 Å². The number of aromatic nitrogens is 1. The predicted octanol–water partition coefficient (Wildman–Crippen LogP) is 7.83. The summed E-state index contributed by atoms with van der Waals surface area (Å²) in [6.07, 6.45) is -4.31. The molecule has 0 N–H and O–H groups in total. The Bertz CT molecular complexity index is 1610. The van der Waals surface area contributed by atoms with E-state index in [0.29, 0.717) is 29.2 Å². The molecule has 2 aromatic carbocycles. The van der Waals surface area contributed by atoms with E-state index in [1.165, 1.54) is 12.8 Å². The Labute approximate surface area is 248 Å². The van der Waals surface area contributed by atoms with Crippen molar-refractivity contribution in [3.63, 3.8) is 0 Å². The van der Waals surface area contributed by atoms with Crippen LogP contribution >= 0.6 is 11.8 Å². The highest BCUT2D eigenvalue weighted by Crippen LogP contribution is 2.38. The number of nitrogens with zero attached hydrogens (tertiary/aromatic N) is 4. The zero-order valence-corrected chi connectivity index (χ0v) is 23.8. The lowest BCUT2D eigenvalue weighted by Gasteiger charge is -2.24. The Morgan fingerprint density at radius 1 is 0.907 bits per heavy atom. The summed E-state index contributed by atoms with van der Waals surface area (Å²) in [5.41, 5.74) is -0.798. The Morgan fingerprint density at radius 3 is 2.44 bits per heavy atom. The van der Waals surface area contributed by atoms with E-state index in [2.05, 4.69) is 19.8 Å². The van der Waals surface area contributed by atoms with Crippen LogP contribution in [0.3, 0.4) is 0 Å². The molecule has 1 aromatic heterocycles. The summed E-state index contributed by atoms with van der Waals surface area (Å²) < 4.78 is 79.6. The van der Waals surface area contributed by atoms with Crippen molar-refractivity contribution in [2.24, 2.45) is 4.99 Å². The molecule has 4 heterocycles. The highest BCUT2D eigenvalue weighted by molar-refractivity contribution is 8.18. The molecule has 1 unspecified atom stereocenters. The maximum absolute atomic E-state index is 13.5. The molecule has 43 heavy (non-hydrogen) atoms. The third kappa shape index (κ3) is 6.59. The Hall–Kier alpha value is -3.38. The number of likely N-dealkylation sites (tertiary alicyclic amines) is 2. The minimum Gasteiger partial charge on any atom is -0.354 e. The average molecular weight is 619 g/mol. The minimum atomic E-state index is -4.91. The van der Waals surface area contributed by atoms with Crippen LogP contribution in [-0.4, -0.2) is 58.1 Å². The fourth-order valence-electron chi connectivity index (χ4n) is 6.03. The molecule has 1 atom stereocenters. The minimum absolute atomic E-state index is 0.113. The van der Waals surface area contributed by atoms with Crippen LogP contribution in [-0.2, 0) is 25.2 Å². The number of aryl methyl sites for hydroxylation is 2. The van der Waals surface area contributed by atoms with E-state index in [1.54, 1.807) is 6.07 Å². The van der Waals surface area contributed by atoms with Gasteiger partial charge in [-0.1, -0.05) is 18.2 Å². The smallest absolute Gasteiger partial charge is 0.354 e. The maximum atomic E-state index is 13.5. The van der Waals surface area contributed by atoms with Crippen LogP contribution < -0.4 is 0 Å². The summed E-state index contributed by atoms with van der Waals surface area (Å²) >= 11 is 1.11. The third-order valence-electron chi connectivity index (χ3n) is 8.20. The summed E-state index contributed by atoms with van der Waals surface area (Å²) in [7, 11) is 0. The van der Waals surface area contributed by atoms with E-state index < -0.39 is 23.5 Å². The molecule has 226 valence electrons. The van der Waals surface area contributed by atoms with Gasteiger partial charge in [-0.15, -0.1) is 0 Å². The van der Waals surface area contributed by atoms with E-state index in [1.807, 2.05) is 30.3 Å². The molecule has 0 saturated carbocycles. The third-order valence-corrected chi connectivity index (χ3v) is 8.98. The fraction of sp³-hybridized carbons (Fsp3) is 0.387. The van der Waals surface area contributed by atoms with Crippen LogP contribution in [0.1, 0.15) is 47.2 Å². The van der Waals surface area contributed by atoms with Gasteiger partial charge in [0, 0.05) is 30.2 Å². The number of hydrogen-bond acceptors (Lipinski definition) is 5. The number of carbonyl (C=O) groups excluding carboxylic acids is 1. The van der Waals surface area contributed by atoms with Crippen molar-refractivity contribution in [2.75, 3.05) is 26.2 Å². The van der Waals surface area contributed by atoms with Gasteiger partial charge in [-0.05, 0) is 104 Å². The van der Waals surface area contributed by atoms with Crippen LogP contribution in [0.25, 0.3) is 17.0 Å². The molecule has 2 saturated heterocycles. The van der Waals surface area contributed by atoms with E-state index >= 15 is 0 Å². The normalized spacial score (nSPS) is 21.0. The number of amides is 1. The van der Waals surface area contributed by atoms with Crippen LogP contribution in [0, 0.1) is 0 Å². The lowest BCUT2D eigenvalue weighted by atomic mass is 9.98. The van der Waals surface area contributed by atoms with Crippen LogP contribution in [0.2, 0.25) is 0 Å². The first-order valence-corrected chi connectivity index (χ1v) is 14.9. The second kappa shape index (κ2) is 11.6. The first-order valence-electron chi connectivity index (χ1n) is 14.1. The number of fused-ring (bicyclic) bond motifs is 1. The van der Waals surface area contributed by atoms with E-state index in [4.69, 9.17) is 0 Å². The second-order valence-electron chi connectivity index (χ2n) is 11.1. The number of halogens is 6. The molecule has 3 aliphatic rings. The van der Waals surface area contributed by atoms with Gasteiger partial charge in [-0.2, -0.15) is 31.3 Å². The standard InChI is InChI=1S/C31H28F6N4OS/c32-30(33,34)22-7-4-20(25(17-22)31(35,36)37)5-8-23-9-6-21-15-19(3-10-26(21)38-23)16-27-28(39-29(42)43-27)41-14-11-24(18-41)40-12-1-2-13-40/h3-4,6-7,9-10,15-17,24H,1-2,5,8,11-14,18H2/b27-16-. The molecule has 5 nitrogen and oxygen atoms in total. The largest absolute Gasteiger partial charge is 0.416 e. The van der Waals surface area contributed by atoms with Gasteiger partial charge in [-0.3, -0.25) is 14.7 Å². The molecule has 3 aliphatic heterocycles. The van der Waals surface area contributed by atoms with E-state index in [0.717, 1.165) is 66.3 Å². The average Bonchev–Trinajstić information content (AvgIpc) is 3.72. The monoisotopic (exact) mass is 618 g/mol.